The number of hydrogen-bond donors (Lipinski definition) is 3. The molecule has 18 heteroatoms. The molecule has 1 atom stereocenters. The van der Waals surface area contributed by atoms with Crippen LogP contribution in [0.1, 0.15) is 29.2 Å². The van der Waals surface area contributed by atoms with E-state index in [1.54, 1.807) is 42.5 Å². The second-order valence-electron chi connectivity index (χ2n) is 10.6. The standard InChI is InChI=1S/C25H18ClF3N4O4.C7H3Cl2NO2S/c26-19-12-16(6-7-17(19)22-31-24(36)37-32-22)33-10-9-20(30-23(34)35)18-11-14(3-8-21(18)33)13-1-4-15(5-2-13)25(27,28)29;8-7-3-6(13(9,11)12)2-1-5(7)4-10/h1-8,11-12,20,30H,9-10H2,(H,34,35)(H,31,32,36);1-3H. The Morgan fingerprint density at radius 2 is 1.72 bits per heavy atom. The number of fused-ring (bicyclic) bond motifs is 1. The van der Waals surface area contributed by atoms with Crippen molar-refractivity contribution >= 4 is 60.4 Å². The van der Waals surface area contributed by atoms with Gasteiger partial charge in [-0.25, -0.2) is 18.0 Å². The van der Waals surface area contributed by atoms with Crippen molar-refractivity contribution in [1.29, 1.82) is 5.26 Å². The molecule has 0 bridgehead atoms. The summed E-state index contributed by atoms with van der Waals surface area (Å²) in [7, 11) is 1.28. The summed E-state index contributed by atoms with van der Waals surface area (Å²) in [6.07, 6.45) is -5.19. The SMILES string of the molecule is N#Cc1ccc(S(=O)(=O)Cl)cc1Cl.O=C(O)NC1CCN(c2ccc(-c3noc(=O)[nH]3)c(Cl)c2)c2ccc(-c3ccc(C(F)(F)F)cc3)cc21. The molecular weight excluding hydrogens is 746 g/mol. The second kappa shape index (κ2) is 14.5. The van der Waals surface area contributed by atoms with E-state index >= 15 is 0 Å². The van der Waals surface area contributed by atoms with Crippen LogP contribution < -0.4 is 16.0 Å². The fourth-order valence-electron chi connectivity index (χ4n) is 5.16. The highest BCUT2D eigenvalue weighted by atomic mass is 35.7. The molecule has 0 saturated carbocycles. The molecule has 3 N–H and O–H groups in total. The smallest absolute Gasteiger partial charge is 0.439 e. The van der Waals surface area contributed by atoms with Crippen LogP contribution in [-0.4, -0.2) is 36.3 Å². The molecule has 4 aromatic carbocycles. The molecule has 11 nitrogen and oxygen atoms in total. The van der Waals surface area contributed by atoms with Crippen molar-refractivity contribution < 1.29 is 36.0 Å². The normalized spacial score (nSPS) is 14.2. The van der Waals surface area contributed by atoms with E-state index < -0.39 is 38.7 Å². The van der Waals surface area contributed by atoms with Crippen molar-refractivity contribution in [2.75, 3.05) is 11.4 Å². The molecule has 0 radical (unpaired) electrons. The monoisotopic (exact) mass is 765 g/mol. The summed E-state index contributed by atoms with van der Waals surface area (Å²) in [5.41, 5.74) is 3.26. The highest BCUT2D eigenvalue weighted by Gasteiger charge is 2.31. The molecule has 0 fully saturated rings. The van der Waals surface area contributed by atoms with Gasteiger partial charge in [0.05, 0.1) is 32.1 Å². The third-order valence-corrected chi connectivity index (χ3v) is 9.46. The largest absolute Gasteiger partial charge is 0.465 e. The number of hydrogen-bond acceptors (Lipinski definition) is 8. The molecule has 1 unspecified atom stereocenters. The molecule has 50 heavy (non-hydrogen) atoms. The number of H-pyrrole nitrogens is 1. The number of anilines is 2. The number of amides is 1. The minimum Gasteiger partial charge on any atom is -0.465 e. The van der Waals surface area contributed by atoms with Gasteiger partial charge in [0.15, 0.2) is 5.82 Å². The predicted molar refractivity (Wildman–Crippen MR) is 179 cm³/mol. The Hall–Kier alpha value is -5.01. The maximum atomic E-state index is 13.0. The Bertz CT molecular complexity index is 2290. The van der Waals surface area contributed by atoms with Crippen LogP contribution in [0.3, 0.4) is 0 Å². The predicted octanol–water partition coefficient (Wildman–Crippen LogP) is 8.36. The summed E-state index contributed by atoms with van der Waals surface area (Å²) in [5.74, 6) is -0.520. The van der Waals surface area contributed by atoms with E-state index in [1.165, 1.54) is 24.3 Å². The van der Waals surface area contributed by atoms with E-state index in [2.05, 4.69) is 20.0 Å². The number of carbonyl (C=O) groups is 1. The first kappa shape index (κ1) is 36.3. The van der Waals surface area contributed by atoms with Crippen LogP contribution in [0, 0.1) is 11.3 Å². The van der Waals surface area contributed by atoms with E-state index in [0.29, 0.717) is 40.2 Å². The minimum atomic E-state index is -4.44. The number of nitriles is 1. The Morgan fingerprint density at radius 1 is 1.02 bits per heavy atom. The number of nitrogens with zero attached hydrogens (tertiary/aromatic N) is 3. The quantitative estimate of drug-likeness (QED) is 0.149. The van der Waals surface area contributed by atoms with Crippen molar-refractivity contribution in [3.63, 3.8) is 0 Å². The molecule has 1 aliphatic heterocycles. The maximum Gasteiger partial charge on any atom is 0.439 e. The molecule has 0 spiro atoms. The molecule has 1 amide bonds. The van der Waals surface area contributed by atoms with Gasteiger partial charge in [-0.05, 0) is 83.8 Å². The van der Waals surface area contributed by atoms with Crippen molar-refractivity contribution in [2.45, 2.75) is 23.5 Å². The fraction of sp³-hybridized carbons (Fsp3) is 0.125. The molecule has 1 aliphatic rings. The van der Waals surface area contributed by atoms with Crippen molar-refractivity contribution in [2.24, 2.45) is 0 Å². The first-order valence-corrected chi connectivity index (χ1v) is 17.2. The fourth-order valence-corrected chi connectivity index (χ4v) is 6.49. The summed E-state index contributed by atoms with van der Waals surface area (Å²) in [4.78, 5) is 27.0. The van der Waals surface area contributed by atoms with Crippen molar-refractivity contribution in [1.82, 2.24) is 15.5 Å². The topological polar surface area (TPSA) is 169 Å². The van der Waals surface area contributed by atoms with Gasteiger partial charge in [0.2, 0.25) is 0 Å². The Morgan fingerprint density at radius 3 is 2.28 bits per heavy atom. The summed E-state index contributed by atoms with van der Waals surface area (Å²) < 4.78 is 65.1. The highest BCUT2D eigenvalue weighted by Crippen LogP contribution is 2.42. The van der Waals surface area contributed by atoms with E-state index in [4.69, 9.17) is 39.1 Å². The Balaban J connectivity index is 0.000000315. The van der Waals surface area contributed by atoms with Crippen LogP contribution in [0.25, 0.3) is 22.5 Å². The number of nitrogens with one attached hydrogen (secondary N) is 2. The Labute approximate surface area is 295 Å². The zero-order valence-corrected chi connectivity index (χ0v) is 28.1. The van der Waals surface area contributed by atoms with Crippen molar-refractivity contribution in [3.8, 4) is 28.6 Å². The van der Waals surface area contributed by atoms with Crippen LogP contribution in [-0.2, 0) is 15.2 Å². The molecule has 258 valence electrons. The molecule has 1 aromatic heterocycles. The third-order valence-electron chi connectivity index (χ3n) is 7.48. The van der Waals surface area contributed by atoms with Gasteiger partial charge in [0.1, 0.15) is 6.07 Å². The summed E-state index contributed by atoms with van der Waals surface area (Å²) in [6, 6.07) is 20.3. The zero-order valence-electron chi connectivity index (χ0n) is 25.0. The van der Waals surface area contributed by atoms with E-state index in [0.717, 1.165) is 29.6 Å². The zero-order chi connectivity index (χ0) is 36.4. The van der Waals surface area contributed by atoms with Gasteiger partial charge in [-0.15, -0.1) is 0 Å². The second-order valence-corrected chi connectivity index (χ2v) is 14.0. The lowest BCUT2D eigenvalue weighted by Crippen LogP contribution is -2.35. The third kappa shape index (κ3) is 8.23. The van der Waals surface area contributed by atoms with Crippen molar-refractivity contribution in [3.05, 3.63) is 116 Å². The highest BCUT2D eigenvalue weighted by molar-refractivity contribution is 8.13. The van der Waals surface area contributed by atoms with Gasteiger partial charge >= 0.3 is 18.0 Å². The summed E-state index contributed by atoms with van der Waals surface area (Å²) in [6.45, 7) is 0.466. The Kier molecular flexibility index (Phi) is 10.5. The van der Waals surface area contributed by atoms with Gasteiger partial charge in [-0.1, -0.05) is 46.6 Å². The van der Waals surface area contributed by atoms with Crippen LogP contribution in [0.5, 0.6) is 0 Å². The number of aromatic amines is 1. The first-order valence-electron chi connectivity index (χ1n) is 14.1. The lowest BCUT2D eigenvalue weighted by molar-refractivity contribution is -0.137. The number of carboxylic acid groups (broad SMARTS) is 1. The van der Waals surface area contributed by atoms with Gasteiger partial charge in [-0.2, -0.15) is 18.4 Å². The number of rotatable bonds is 5. The van der Waals surface area contributed by atoms with Gasteiger partial charge in [-0.3, -0.25) is 9.51 Å². The summed E-state index contributed by atoms with van der Waals surface area (Å²) >= 11 is 12.1. The minimum absolute atomic E-state index is 0.0734. The number of alkyl halides is 3. The number of aromatic nitrogens is 2. The van der Waals surface area contributed by atoms with E-state index in [-0.39, 0.29) is 21.3 Å². The average molecular weight is 767 g/mol. The lowest BCUT2D eigenvalue weighted by atomic mass is 9.92. The molecule has 2 heterocycles. The van der Waals surface area contributed by atoms with Crippen LogP contribution in [0.2, 0.25) is 10.0 Å². The molecular formula is C32H21Cl3F3N5O6S. The van der Waals surface area contributed by atoms with E-state index in [1.807, 2.05) is 4.90 Å². The average Bonchev–Trinajstić information content (AvgIpc) is 3.49. The molecule has 0 saturated heterocycles. The number of benzene rings is 4. The van der Waals surface area contributed by atoms with Gasteiger partial charge < -0.3 is 15.3 Å². The number of halogens is 6. The van der Waals surface area contributed by atoms with Crippen LogP contribution in [0.15, 0.2) is 93.1 Å². The summed E-state index contributed by atoms with van der Waals surface area (Å²) in [5, 5.41) is 24.4. The van der Waals surface area contributed by atoms with Gasteiger partial charge in [0, 0.05) is 34.2 Å². The molecule has 0 aliphatic carbocycles. The van der Waals surface area contributed by atoms with Gasteiger partial charge in [0.25, 0.3) is 9.05 Å². The van der Waals surface area contributed by atoms with Crippen LogP contribution >= 0.6 is 33.9 Å². The molecule has 5 aromatic rings. The molecule has 6 rings (SSSR count). The lowest BCUT2D eigenvalue weighted by Gasteiger charge is -2.36. The van der Waals surface area contributed by atoms with E-state index in [9.17, 15) is 36.3 Å². The van der Waals surface area contributed by atoms with Crippen LogP contribution in [0.4, 0.5) is 29.3 Å². The maximum absolute atomic E-state index is 13.0. The first-order chi connectivity index (χ1) is 23.5.